The molecule has 0 spiro atoms. The zero-order valence-corrected chi connectivity index (χ0v) is 12.9. The lowest BCUT2D eigenvalue weighted by Crippen LogP contribution is -2.27. The van der Waals surface area contributed by atoms with Crippen molar-refractivity contribution in [1.29, 1.82) is 0 Å². The van der Waals surface area contributed by atoms with E-state index in [1.165, 1.54) is 6.07 Å². The van der Waals surface area contributed by atoms with E-state index in [1.807, 2.05) is 18.2 Å². The number of anilines is 1. The van der Waals surface area contributed by atoms with Crippen molar-refractivity contribution in [2.24, 2.45) is 0 Å². The summed E-state index contributed by atoms with van der Waals surface area (Å²) in [6, 6.07) is 14.0. The zero-order chi connectivity index (χ0) is 15.8. The molecule has 0 saturated carbocycles. The molecule has 0 bridgehead atoms. The molecule has 2 aromatic carbocycles. The number of carbonyl (C=O) groups excluding carboxylic acids is 1. The van der Waals surface area contributed by atoms with Crippen LogP contribution in [0.3, 0.4) is 0 Å². The second-order valence-corrected chi connectivity index (χ2v) is 5.26. The standard InChI is InChI=1S/C17H18ClFN2O/c18-14-6-2-4-8-16(14)20-12-10-17(22)21-11-9-13-5-1-3-7-15(13)19/h1-8,20H,9-12H2,(H,21,22). The van der Waals surface area contributed by atoms with Gasteiger partial charge in [0.05, 0.1) is 10.7 Å². The summed E-state index contributed by atoms with van der Waals surface area (Å²) in [6.07, 6.45) is 0.818. The molecule has 2 N–H and O–H groups in total. The maximum absolute atomic E-state index is 13.4. The Morgan fingerprint density at radius 3 is 2.55 bits per heavy atom. The number of benzene rings is 2. The predicted molar refractivity (Wildman–Crippen MR) is 87.7 cm³/mol. The molecule has 0 fully saturated rings. The van der Waals surface area contributed by atoms with Gasteiger partial charge in [0.2, 0.25) is 5.91 Å². The lowest BCUT2D eigenvalue weighted by Gasteiger charge is -2.09. The van der Waals surface area contributed by atoms with Gasteiger partial charge in [0.25, 0.3) is 0 Å². The normalized spacial score (nSPS) is 10.3. The third-order valence-corrected chi connectivity index (χ3v) is 3.55. The summed E-state index contributed by atoms with van der Waals surface area (Å²) in [4.78, 5) is 11.7. The lowest BCUT2D eigenvalue weighted by molar-refractivity contribution is -0.120. The summed E-state index contributed by atoms with van der Waals surface area (Å²) in [5.41, 5.74) is 1.42. The van der Waals surface area contributed by atoms with Crippen molar-refractivity contribution < 1.29 is 9.18 Å². The highest BCUT2D eigenvalue weighted by atomic mass is 35.5. The number of nitrogens with one attached hydrogen (secondary N) is 2. The van der Waals surface area contributed by atoms with Crippen molar-refractivity contribution in [2.75, 3.05) is 18.4 Å². The monoisotopic (exact) mass is 320 g/mol. The van der Waals surface area contributed by atoms with Gasteiger partial charge in [0.15, 0.2) is 0 Å². The first-order valence-corrected chi connectivity index (χ1v) is 7.53. The van der Waals surface area contributed by atoms with Crippen molar-refractivity contribution in [3.8, 4) is 0 Å². The molecule has 0 aliphatic rings. The fourth-order valence-electron chi connectivity index (χ4n) is 2.04. The first-order valence-electron chi connectivity index (χ1n) is 7.15. The summed E-state index contributed by atoms with van der Waals surface area (Å²) in [5, 5.41) is 6.52. The van der Waals surface area contributed by atoms with Crippen molar-refractivity contribution in [2.45, 2.75) is 12.8 Å². The smallest absolute Gasteiger partial charge is 0.221 e. The molecule has 0 aliphatic carbocycles. The number of halogens is 2. The van der Waals surface area contributed by atoms with Gasteiger partial charge in [-0.05, 0) is 30.2 Å². The van der Waals surface area contributed by atoms with Crippen molar-refractivity contribution >= 4 is 23.2 Å². The van der Waals surface area contributed by atoms with E-state index in [4.69, 9.17) is 11.6 Å². The summed E-state index contributed by atoms with van der Waals surface area (Å²) in [7, 11) is 0. The van der Waals surface area contributed by atoms with Crippen LogP contribution in [-0.4, -0.2) is 19.0 Å². The highest BCUT2D eigenvalue weighted by Gasteiger charge is 2.04. The maximum atomic E-state index is 13.4. The quantitative estimate of drug-likeness (QED) is 0.817. The van der Waals surface area contributed by atoms with Gasteiger partial charge in [-0.3, -0.25) is 4.79 Å². The summed E-state index contributed by atoms with van der Waals surface area (Å²) >= 11 is 6.01. The molecular formula is C17H18ClFN2O. The molecule has 2 rings (SSSR count). The van der Waals surface area contributed by atoms with E-state index in [2.05, 4.69) is 10.6 Å². The van der Waals surface area contributed by atoms with E-state index in [0.29, 0.717) is 36.5 Å². The fourth-order valence-corrected chi connectivity index (χ4v) is 2.24. The third-order valence-electron chi connectivity index (χ3n) is 3.22. The molecule has 2 aromatic rings. The van der Waals surface area contributed by atoms with E-state index < -0.39 is 0 Å². The van der Waals surface area contributed by atoms with E-state index in [-0.39, 0.29) is 11.7 Å². The van der Waals surface area contributed by atoms with E-state index >= 15 is 0 Å². The van der Waals surface area contributed by atoms with Gasteiger partial charge < -0.3 is 10.6 Å². The average Bonchev–Trinajstić information content (AvgIpc) is 2.51. The second-order valence-electron chi connectivity index (χ2n) is 4.85. The second kappa shape index (κ2) is 8.39. The van der Waals surface area contributed by atoms with Gasteiger partial charge in [0.1, 0.15) is 5.82 Å². The van der Waals surface area contributed by atoms with Crippen LogP contribution in [0, 0.1) is 5.82 Å². The lowest BCUT2D eigenvalue weighted by atomic mass is 10.1. The maximum Gasteiger partial charge on any atom is 0.221 e. The molecule has 0 aliphatic heterocycles. The number of carbonyl (C=O) groups is 1. The Morgan fingerprint density at radius 1 is 1.05 bits per heavy atom. The average molecular weight is 321 g/mol. The van der Waals surface area contributed by atoms with Crippen LogP contribution in [0.1, 0.15) is 12.0 Å². The van der Waals surface area contributed by atoms with Crippen molar-refractivity contribution in [3.05, 3.63) is 64.9 Å². The number of hydrogen-bond donors (Lipinski definition) is 2. The van der Waals surface area contributed by atoms with Gasteiger partial charge in [-0.25, -0.2) is 4.39 Å². The Kier molecular flexibility index (Phi) is 6.22. The Morgan fingerprint density at radius 2 is 1.77 bits per heavy atom. The minimum atomic E-state index is -0.239. The number of para-hydroxylation sites is 1. The third kappa shape index (κ3) is 5.04. The van der Waals surface area contributed by atoms with Crippen LogP contribution in [-0.2, 0) is 11.2 Å². The molecule has 0 aromatic heterocycles. The van der Waals surface area contributed by atoms with Crippen LogP contribution < -0.4 is 10.6 Å². The molecule has 116 valence electrons. The van der Waals surface area contributed by atoms with Crippen LogP contribution in [0.25, 0.3) is 0 Å². The largest absolute Gasteiger partial charge is 0.383 e. The molecule has 1 amide bonds. The molecule has 0 heterocycles. The number of amides is 1. The van der Waals surface area contributed by atoms with Crippen LogP contribution in [0.4, 0.5) is 10.1 Å². The highest BCUT2D eigenvalue weighted by Crippen LogP contribution is 2.20. The van der Waals surface area contributed by atoms with E-state index in [9.17, 15) is 9.18 Å². The van der Waals surface area contributed by atoms with E-state index in [0.717, 1.165) is 5.69 Å². The van der Waals surface area contributed by atoms with Crippen LogP contribution in [0.2, 0.25) is 5.02 Å². The van der Waals surface area contributed by atoms with E-state index in [1.54, 1.807) is 24.3 Å². The first-order chi connectivity index (χ1) is 10.7. The fraction of sp³-hybridized carbons (Fsp3) is 0.235. The van der Waals surface area contributed by atoms with Crippen LogP contribution in [0.15, 0.2) is 48.5 Å². The minimum absolute atomic E-state index is 0.0732. The van der Waals surface area contributed by atoms with Crippen LogP contribution in [0.5, 0.6) is 0 Å². The Bertz CT molecular complexity index is 580. The topological polar surface area (TPSA) is 41.1 Å². The molecule has 5 heteroatoms. The van der Waals surface area contributed by atoms with Gasteiger partial charge in [0, 0.05) is 19.5 Å². The summed E-state index contributed by atoms with van der Waals surface area (Å²) in [5.74, 6) is -0.312. The molecular weight excluding hydrogens is 303 g/mol. The molecule has 22 heavy (non-hydrogen) atoms. The Labute approximate surface area is 134 Å². The Balaban J connectivity index is 1.66. The predicted octanol–water partition coefficient (Wildman–Crippen LogP) is 3.64. The highest BCUT2D eigenvalue weighted by molar-refractivity contribution is 6.33. The molecule has 0 unspecified atom stereocenters. The molecule has 0 saturated heterocycles. The number of rotatable bonds is 7. The SMILES string of the molecule is O=C(CCNc1ccccc1Cl)NCCc1ccccc1F. The number of hydrogen-bond acceptors (Lipinski definition) is 2. The summed E-state index contributed by atoms with van der Waals surface area (Å²) in [6.45, 7) is 0.918. The summed E-state index contributed by atoms with van der Waals surface area (Å²) < 4.78 is 13.4. The molecule has 3 nitrogen and oxygen atoms in total. The van der Waals surface area contributed by atoms with Crippen molar-refractivity contribution in [3.63, 3.8) is 0 Å². The van der Waals surface area contributed by atoms with Crippen LogP contribution >= 0.6 is 11.6 Å². The minimum Gasteiger partial charge on any atom is -0.383 e. The van der Waals surface area contributed by atoms with Gasteiger partial charge in [-0.1, -0.05) is 41.9 Å². The Hall–Kier alpha value is -2.07. The molecule has 0 atom stereocenters. The van der Waals surface area contributed by atoms with Gasteiger partial charge in [-0.15, -0.1) is 0 Å². The van der Waals surface area contributed by atoms with Gasteiger partial charge >= 0.3 is 0 Å². The van der Waals surface area contributed by atoms with Gasteiger partial charge in [-0.2, -0.15) is 0 Å². The molecule has 0 radical (unpaired) electrons. The first kappa shape index (κ1) is 16.3. The van der Waals surface area contributed by atoms with Crippen molar-refractivity contribution in [1.82, 2.24) is 5.32 Å². The zero-order valence-electron chi connectivity index (χ0n) is 12.1.